The molecule has 0 aliphatic heterocycles. The average molecular weight is 381 g/mol. The molecule has 2 aromatic rings. The van der Waals surface area contributed by atoms with E-state index in [1.807, 2.05) is 14.0 Å². The van der Waals surface area contributed by atoms with Gasteiger partial charge in [0.25, 0.3) is 5.89 Å². The van der Waals surface area contributed by atoms with Gasteiger partial charge in [-0.2, -0.15) is 0 Å². The minimum absolute atomic E-state index is 0.0125. The lowest BCUT2D eigenvalue weighted by molar-refractivity contribution is 0.426. The van der Waals surface area contributed by atoms with Crippen LogP contribution in [0, 0.1) is 6.92 Å². The smallest absolute Gasteiger partial charge is 0.264 e. The predicted molar refractivity (Wildman–Crippen MR) is 99.2 cm³/mol. The Balaban J connectivity index is 1.86. The predicted octanol–water partition coefficient (Wildman–Crippen LogP) is 3.34. The van der Waals surface area contributed by atoms with Gasteiger partial charge in [0.1, 0.15) is 10.6 Å². The van der Waals surface area contributed by atoms with Crippen LogP contribution in [-0.2, 0) is 23.5 Å². The molecule has 7 nitrogen and oxygen atoms in total. The van der Waals surface area contributed by atoms with Crippen molar-refractivity contribution in [3.63, 3.8) is 0 Å². The van der Waals surface area contributed by atoms with Gasteiger partial charge in [0, 0.05) is 25.2 Å². The lowest BCUT2D eigenvalue weighted by atomic mass is 9.97. The first-order valence-electron chi connectivity index (χ1n) is 9.43. The monoisotopic (exact) mass is 380 g/mol. The number of nitrogens with zero attached hydrogens (tertiary/aromatic N) is 3. The molecule has 26 heavy (non-hydrogen) atoms. The molecule has 0 unspecified atom stereocenters. The van der Waals surface area contributed by atoms with Crippen LogP contribution in [0.4, 0.5) is 0 Å². The second kappa shape index (κ2) is 7.92. The highest BCUT2D eigenvalue weighted by molar-refractivity contribution is 7.89. The van der Waals surface area contributed by atoms with E-state index >= 15 is 0 Å². The Morgan fingerprint density at radius 1 is 1.19 bits per heavy atom. The quantitative estimate of drug-likeness (QED) is 0.859. The van der Waals surface area contributed by atoms with Crippen LogP contribution in [0.2, 0.25) is 0 Å². The lowest BCUT2D eigenvalue weighted by Gasteiger charge is -2.20. The number of aryl methyl sites for hydroxylation is 1. The molecule has 8 heteroatoms. The molecule has 0 amide bonds. The zero-order valence-corrected chi connectivity index (χ0v) is 16.6. The highest BCUT2D eigenvalue weighted by Crippen LogP contribution is 2.28. The summed E-state index contributed by atoms with van der Waals surface area (Å²) in [4.78, 5) is 0.285. The van der Waals surface area contributed by atoms with E-state index in [0.29, 0.717) is 29.6 Å². The van der Waals surface area contributed by atoms with E-state index < -0.39 is 10.0 Å². The minimum Gasteiger partial charge on any atom is -0.419 e. The van der Waals surface area contributed by atoms with Gasteiger partial charge in [0.05, 0.1) is 0 Å². The van der Waals surface area contributed by atoms with Crippen molar-refractivity contribution in [2.45, 2.75) is 76.2 Å². The van der Waals surface area contributed by atoms with Crippen LogP contribution in [0.25, 0.3) is 11.6 Å². The Bertz CT molecular complexity index is 846. The Labute approximate surface area is 155 Å². The molecule has 144 valence electrons. The summed E-state index contributed by atoms with van der Waals surface area (Å²) >= 11 is 0. The summed E-state index contributed by atoms with van der Waals surface area (Å²) < 4.78 is 36.3. The standard InChI is InChI=1S/C18H28N4O3S/c1-4-17-19-20-18(25-17)15-12-16(13(2)22(15)3)26(23,24)21-14-10-8-6-5-7-9-11-14/h12,14,21H,4-11H2,1-3H3. The van der Waals surface area contributed by atoms with Gasteiger partial charge in [-0.1, -0.05) is 39.0 Å². The van der Waals surface area contributed by atoms with Gasteiger partial charge < -0.3 is 8.98 Å². The molecule has 3 rings (SSSR count). The van der Waals surface area contributed by atoms with E-state index in [4.69, 9.17) is 4.42 Å². The van der Waals surface area contributed by atoms with Crippen molar-refractivity contribution in [1.29, 1.82) is 0 Å². The summed E-state index contributed by atoms with van der Waals surface area (Å²) in [5, 5.41) is 8.01. The maximum absolute atomic E-state index is 13.0. The lowest BCUT2D eigenvalue weighted by Crippen LogP contribution is -2.35. The maximum Gasteiger partial charge on any atom is 0.264 e. The van der Waals surface area contributed by atoms with Crippen LogP contribution in [0.5, 0.6) is 0 Å². The van der Waals surface area contributed by atoms with Gasteiger partial charge in [0.15, 0.2) is 0 Å². The molecular formula is C18H28N4O3S. The average Bonchev–Trinajstić information content (AvgIpc) is 3.16. The molecule has 2 heterocycles. The maximum atomic E-state index is 13.0. The molecule has 1 N–H and O–H groups in total. The molecule has 1 saturated carbocycles. The number of rotatable bonds is 5. The van der Waals surface area contributed by atoms with Crippen molar-refractivity contribution >= 4 is 10.0 Å². The zero-order valence-electron chi connectivity index (χ0n) is 15.8. The first-order valence-corrected chi connectivity index (χ1v) is 10.9. The van der Waals surface area contributed by atoms with Crippen molar-refractivity contribution in [3.8, 4) is 11.6 Å². The van der Waals surface area contributed by atoms with Crippen molar-refractivity contribution in [1.82, 2.24) is 19.5 Å². The van der Waals surface area contributed by atoms with Gasteiger partial charge in [-0.15, -0.1) is 10.2 Å². The van der Waals surface area contributed by atoms with E-state index in [1.54, 1.807) is 17.6 Å². The number of nitrogens with one attached hydrogen (secondary N) is 1. The molecule has 0 atom stereocenters. The summed E-state index contributed by atoms with van der Waals surface area (Å²) in [7, 11) is -1.77. The number of aromatic nitrogens is 3. The second-order valence-electron chi connectivity index (χ2n) is 7.06. The van der Waals surface area contributed by atoms with Crippen LogP contribution >= 0.6 is 0 Å². The molecular weight excluding hydrogens is 352 g/mol. The normalized spacial score (nSPS) is 17.2. The van der Waals surface area contributed by atoms with E-state index in [1.165, 1.54) is 19.3 Å². The number of sulfonamides is 1. The molecule has 0 aromatic carbocycles. The van der Waals surface area contributed by atoms with Crippen LogP contribution < -0.4 is 4.72 Å². The van der Waals surface area contributed by atoms with Gasteiger partial charge in [-0.3, -0.25) is 0 Å². The molecule has 1 fully saturated rings. The first kappa shape index (κ1) is 19.1. The summed E-state index contributed by atoms with van der Waals surface area (Å²) in [6.07, 6.45) is 8.23. The molecule has 0 bridgehead atoms. The number of hydrogen-bond acceptors (Lipinski definition) is 5. The van der Waals surface area contributed by atoms with Gasteiger partial charge in [-0.05, 0) is 25.8 Å². The summed E-state index contributed by atoms with van der Waals surface area (Å²) in [5.74, 6) is 0.885. The van der Waals surface area contributed by atoms with Crippen LogP contribution in [0.3, 0.4) is 0 Å². The van der Waals surface area contributed by atoms with Gasteiger partial charge in [-0.25, -0.2) is 13.1 Å². The molecule has 2 aromatic heterocycles. The molecule has 1 aliphatic carbocycles. The highest BCUT2D eigenvalue weighted by Gasteiger charge is 2.27. The Hall–Kier alpha value is -1.67. The van der Waals surface area contributed by atoms with Crippen molar-refractivity contribution < 1.29 is 12.8 Å². The Kier molecular flexibility index (Phi) is 5.82. The van der Waals surface area contributed by atoms with Crippen molar-refractivity contribution in [2.24, 2.45) is 7.05 Å². The SMILES string of the molecule is CCc1nnc(-c2cc(S(=O)(=O)NC3CCCCCCC3)c(C)n2C)o1. The zero-order chi connectivity index (χ0) is 18.7. The first-order chi connectivity index (χ1) is 12.4. The molecule has 0 spiro atoms. The third-order valence-electron chi connectivity index (χ3n) is 5.19. The fraction of sp³-hybridized carbons (Fsp3) is 0.667. The van der Waals surface area contributed by atoms with Gasteiger partial charge in [0.2, 0.25) is 15.9 Å². The van der Waals surface area contributed by atoms with Crippen LogP contribution in [0.15, 0.2) is 15.4 Å². The summed E-state index contributed by atoms with van der Waals surface area (Å²) in [6, 6.07) is 1.64. The fourth-order valence-electron chi connectivity index (χ4n) is 3.51. The third-order valence-corrected chi connectivity index (χ3v) is 6.83. The highest BCUT2D eigenvalue weighted by atomic mass is 32.2. The second-order valence-corrected chi connectivity index (χ2v) is 8.74. The Morgan fingerprint density at radius 3 is 2.46 bits per heavy atom. The van der Waals surface area contributed by atoms with Crippen molar-refractivity contribution in [2.75, 3.05) is 0 Å². The van der Waals surface area contributed by atoms with E-state index in [-0.39, 0.29) is 10.9 Å². The van der Waals surface area contributed by atoms with Crippen LogP contribution in [0.1, 0.15) is 63.5 Å². The van der Waals surface area contributed by atoms with E-state index in [9.17, 15) is 8.42 Å². The Morgan fingerprint density at radius 2 is 1.85 bits per heavy atom. The van der Waals surface area contributed by atoms with Gasteiger partial charge >= 0.3 is 0 Å². The summed E-state index contributed by atoms with van der Waals surface area (Å²) in [5.41, 5.74) is 1.28. The van der Waals surface area contributed by atoms with Crippen LogP contribution in [-0.4, -0.2) is 29.2 Å². The topological polar surface area (TPSA) is 90.0 Å². The molecule has 0 radical (unpaired) electrons. The van der Waals surface area contributed by atoms with Crippen molar-refractivity contribution in [3.05, 3.63) is 17.7 Å². The van der Waals surface area contributed by atoms with E-state index in [2.05, 4.69) is 14.9 Å². The van der Waals surface area contributed by atoms with E-state index in [0.717, 1.165) is 25.7 Å². The fourth-order valence-corrected chi connectivity index (χ4v) is 5.10. The molecule has 0 saturated heterocycles. The molecule has 1 aliphatic rings. The number of hydrogen-bond donors (Lipinski definition) is 1. The largest absolute Gasteiger partial charge is 0.419 e. The minimum atomic E-state index is -3.59. The summed E-state index contributed by atoms with van der Waals surface area (Å²) in [6.45, 7) is 3.73. The third kappa shape index (κ3) is 4.01.